The van der Waals surface area contributed by atoms with Gasteiger partial charge in [0, 0.05) is 43.0 Å². The summed E-state index contributed by atoms with van der Waals surface area (Å²) in [5.41, 5.74) is 2.16. The number of aromatic nitrogens is 3. The highest BCUT2D eigenvalue weighted by atomic mass is 32.2. The first-order valence-corrected chi connectivity index (χ1v) is 11.7. The number of rotatable bonds is 5. The number of fused-ring (bicyclic) bond motifs is 1. The van der Waals surface area contributed by atoms with E-state index < -0.39 is 10.0 Å². The predicted molar refractivity (Wildman–Crippen MR) is 114 cm³/mol. The SMILES string of the molecule is O=c1ccc(-c2ccncc2)nn1CC1CCCN1S(=O)(=O)c1ccc2c(c1)CCO2. The van der Waals surface area contributed by atoms with Crippen molar-refractivity contribution in [1.29, 1.82) is 0 Å². The van der Waals surface area contributed by atoms with Crippen LogP contribution in [-0.4, -0.2) is 46.7 Å². The molecule has 0 radical (unpaired) electrons. The predicted octanol–water partition coefficient (Wildman–Crippen LogP) is 2.09. The highest BCUT2D eigenvalue weighted by Crippen LogP contribution is 2.32. The van der Waals surface area contributed by atoms with Gasteiger partial charge in [-0.2, -0.15) is 9.40 Å². The van der Waals surface area contributed by atoms with Crippen LogP contribution in [0.15, 0.2) is 64.5 Å². The highest BCUT2D eigenvalue weighted by Gasteiger charge is 2.36. The maximum atomic E-state index is 13.4. The van der Waals surface area contributed by atoms with Crippen LogP contribution in [0.5, 0.6) is 5.75 Å². The first-order valence-electron chi connectivity index (χ1n) is 10.3. The minimum Gasteiger partial charge on any atom is -0.493 e. The summed E-state index contributed by atoms with van der Waals surface area (Å²) in [6, 6.07) is 11.5. The number of benzene rings is 1. The lowest BCUT2D eigenvalue weighted by atomic mass is 10.2. The summed E-state index contributed by atoms with van der Waals surface area (Å²) in [4.78, 5) is 16.7. The zero-order chi connectivity index (χ0) is 21.4. The molecule has 0 spiro atoms. The number of ether oxygens (including phenoxy) is 1. The number of sulfonamides is 1. The van der Waals surface area contributed by atoms with Gasteiger partial charge in [0.05, 0.1) is 23.7 Å². The molecule has 1 saturated heterocycles. The lowest BCUT2D eigenvalue weighted by Gasteiger charge is -2.24. The van der Waals surface area contributed by atoms with Gasteiger partial charge >= 0.3 is 0 Å². The molecule has 160 valence electrons. The molecular weight excluding hydrogens is 416 g/mol. The number of hydrogen-bond donors (Lipinski definition) is 0. The second-order valence-electron chi connectivity index (χ2n) is 7.75. The van der Waals surface area contributed by atoms with Crippen molar-refractivity contribution in [3.63, 3.8) is 0 Å². The molecule has 1 atom stereocenters. The molecule has 2 aliphatic rings. The fraction of sp³-hybridized carbons (Fsp3) is 0.318. The summed E-state index contributed by atoms with van der Waals surface area (Å²) in [7, 11) is -3.68. The normalized spacial score (nSPS) is 18.6. The van der Waals surface area contributed by atoms with Crippen LogP contribution in [0.25, 0.3) is 11.3 Å². The van der Waals surface area contributed by atoms with Gasteiger partial charge in [-0.3, -0.25) is 9.78 Å². The molecular formula is C22H22N4O4S. The van der Waals surface area contributed by atoms with Gasteiger partial charge in [0.1, 0.15) is 5.75 Å². The molecule has 1 fully saturated rings. The fourth-order valence-electron chi connectivity index (χ4n) is 4.22. The van der Waals surface area contributed by atoms with Crippen molar-refractivity contribution < 1.29 is 13.2 Å². The van der Waals surface area contributed by atoms with Crippen LogP contribution in [0.4, 0.5) is 0 Å². The Morgan fingerprint density at radius 1 is 1.10 bits per heavy atom. The molecule has 0 bridgehead atoms. The van der Waals surface area contributed by atoms with E-state index in [9.17, 15) is 13.2 Å². The molecule has 4 heterocycles. The summed E-state index contributed by atoms with van der Waals surface area (Å²) in [6.07, 6.45) is 5.47. The van der Waals surface area contributed by atoms with Gasteiger partial charge in [0.2, 0.25) is 10.0 Å². The molecule has 9 heteroatoms. The Morgan fingerprint density at radius 2 is 1.94 bits per heavy atom. The van der Waals surface area contributed by atoms with Gasteiger partial charge in [-0.1, -0.05) is 0 Å². The van der Waals surface area contributed by atoms with Crippen molar-refractivity contribution in [3.8, 4) is 17.0 Å². The molecule has 0 aliphatic carbocycles. The van der Waals surface area contributed by atoms with E-state index in [4.69, 9.17) is 4.74 Å². The molecule has 0 saturated carbocycles. The van der Waals surface area contributed by atoms with Crippen LogP contribution in [0.3, 0.4) is 0 Å². The quantitative estimate of drug-likeness (QED) is 0.606. The van der Waals surface area contributed by atoms with Gasteiger partial charge in [-0.25, -0.2) is 13.1 Å². The third kappa shape index (κ3) is 3.75. The lowest BCUT2D eigenvalue weighted by molar-refractivity contribution is 0.335. The van der Waals surface area contributed by atoms with Gasteiger partial charge in [-0.05, 0) is 54.8 Å². The molecule has 0 N–H and O–H groups in total. The Hall–Kier alpha value is -3.04. The molecule has 2 aliphatic heterocycles. The first-order chi connectivity index (χ1) is 15.0. The molecule has 31 heavy (non-hydrogen) atoms. The number of nitrogens with zero attached hydrogens (tertiary/aromatic N) is 4. The summed E-state index contributed by atoms with van der Waals surface area (Å²) in [6.45, 7) is 1.22. The zero-order valence-electron chi connectivity index (χ0n) is 16.8. The molecule has 3 aromatic rings. The topological polar surface area (TPSA) is 94.4 Å². The summed E-state index contributed by atoms with van der Waals surface area (Å²) < 4.78 is 35.1. The van der Waals surface area contributed by atoms with Crippen LogP contribution < -0.4 is 10.3 Å². The number of pyridine rings is 1. The van der Waals surface area contributed by atoms with Gasteiger partial charge in [-0.15, -0.1) is 0 Å². The van der Waals surface area contributed by atoms with Gasteiger partial charge < -0.3 is 4.74 Å². The molecule has 1 aromatic carbocycles. The van der Waals surface area contributed by atoms with E-state index in [1.807, 2.05) is 12.1 Å². The molecule has 2 aromatic heterocycles. The molecule has 0 amide bonds. The van der Waals surface area contributed by atoms with E-state index in [1.165, 1.54) is 15.1 Å². The summed E-state index contributed by atoms with van der Waals surface area (Å²) in [5.74, 6) is 0.751. The van der Waals surface area contributed by atoms with E-state index >= 15 is 0 Å². The van der Waals surface area contributed by atoms with Crippen molar-refractivity contribution in [2.45, 2.75) is 36.7 Å². The van der Waals surface area contributed by atoms with Crippen LogP contribution >= 0.6 is 0 Å². The second-order valence-corrected chi connectivity index (χ2v) is 9.65. The molecule has 5 rings (SSSR count). The van der Waals surface area contributed by atoms with Crippen molar-refractivity contribution >= 4 is 10.0 Å². The fourth-order valence-corrected chi connectivity index (χ4v) is 5.96. The molecule has 8 nitrogen and oxygen atoms in total. The second kappa shape index (κ2) is 7.90. The first kappa shape index (κ1) is 19.9. The van der Waals surface area contributed by atoms with Crippen molar-refractivity contribution in [2.24, 2.45) is 0 Å². The van der Waals surface area contributed by atoms with Crippen molar-refractivity contribution in [3.05, 3.63) is 70.8 Å². The highest BCUT2D eigenvalue weighted by molar-refractivity contribution is 7.89. The Kier molecular flexibility index (Phi) is 5.07. The minimum atomic E-state index is -3.68. The van der Waals surface area contributed by atoms with Gasteiger partial charge in [0.15, 0.2) is 0 Å². The van der Waals surface area contributed by atoms with E-state index in [0.29, 0.717) is 31.7 Å². The van der Waals surface area contributed by atoms with Crippen LogP contribution in [0.1, 0.15) is 18.4 Å². The Bertz CT molecular complexity index is 1270. The smallest absolute Gasteiger partial charge is 0.266 e. The standard InChI is InChI=1S/C22H22N4O4S/c27-22-6-4-20(16-7-10-23-11-8-16)24-25(22)15-18-2-1-12-26(18)31(28,29)19-3-5-21-17(14-19)9-13-30-21/h3-8,10-11,14,18H,1-2,9,12-13,15H2. The average molecular weight is 439 g/mol. The maximum Gasteiger partial charge on any atom is 0.266 e. The van der Waals surface area contributed by atoms with Crippen LogP contribution in [0, 0.1) is 0 Å². The minimum absolute atomic E-state index is 0.213. The summed E-state index contributed by atoms with van der Waals surface area (Å²) in [5, 5.41) is 4.48. The lowest BCUT2D eigenvalue weighted by Crippen LogP contribution is -2.40. The number of hydrogen-bond acceptors (Lipinski definition) is 6. The van der Waals surface area contributed by atoms with Crippen LogP contribution in [-0.2, 0) is 23.0 Å². The van der Waals surface area contributed by atoms with E-state index in [2.05, 4.69) is 10.1 Å². The Balaban J connectivity index is 1.43. The van der Waals surface area contributed by atoms with E-state index in [-0.39, 0.29) is 23.0 Å². The largest absolute Gasteiger partial charge is 0.493 e. The maximum absolute atomic E-state index is 13.4. The monoisotopic (exact) mass is 438 g/mol. The third-order valence-corrected chi connectivity index (χ3v) is 7.76. The average Bonchev–Trinajstić information content (AvgIpc) is 3.45. The zero-order valence-corrected chi connectivity index (χ0v) is 17.7. The Morgan fingerprint density at radius 3 is 2.77 bits per heavy atom. The van der Waals surface area contributed by atoms with Crippen LogP contribution in [0.2, 0.25) is 0 Å². The van der Waals surface area contributed by atoms with E-state index in [0.717, 1.165) is 23.3 Å². The van der Waals surface area contributed by atoms with Gasteiger partial charge in [0.25, 0.3) is 5.56 Å². The van der Waals surface area contributed by atoms with E-state index in [1.54, 1.807) is 36.7 Å². The Labute approximate surface area is 180 Å². The third-order valence-electron chi connectivity index (χ3n) is 5.82. The summed E-state index contributed by atoms with van der Waals surface area (Å²) >= 11 is 0. The van der Waals surface area contributed by atoms with Crippen molar-refractivity contribution in [2.75, 3.05) is 13.2 Å². The molecule has 1 unspecified atom stereocenters. The van der Waals surface area contributed by atoms with Crippen molar-refractivity contribution in [1.82, 2.24) is 19.1 Å².